The molecule has 0 amide bonds. The summed E-state index contributed by atoms with van der Waals surface area (Å²) in [7, 11) is 0. The van der Waals surface area contributed by atoms with Crippen molar-refractivity contribution in [1.29, 1.82) is 0 Å². The normalized spacial score (nSPS) is 29.4. The van der Waals surface area contributed by atoms with Crippen LogP contribution in [0.2, 0.25) is 5.02 Å². The van der Waals surface area contributed by atoms with Crippen molar-refractivity contribution >= 4 is 17.3 Å². The fourth-order valence-corrected chi connectivity index (χ4v) is 5.55. The van der Waals surface area contributed by atoms with Gasteiger partial charge < -0.3 is 14.7 Å². The maximum Gasteiger partial charge on any atom is 0.0900 e. The average molecular weight is 393 g/mol. The molecule has 1 N–H and O–H groups in total. The highest BCUT2D eigenvalue weighted by atomic mass is 35.5. The van der Waals surface area contributed by atoms with Gasteiger partial charge in [-0.1, -0.05) is 24.1 Å². The third-order valence-corrected chi connectivity index (χ3v) is 7.11. The Morgan fingerprint density at radius 3 is 2.70 bits per heavy atom. The van der Waals surface area contributed by atoms with Crippen LogP contribution in [0.15, 0.2) is 18.2 Å². The van der Waals surface area contributed by atoms with E-state index in [1.54, 1.807) is 0 Å². The second kappa shape index (κ2) is 8.69. The fraction of sp³-hybridized carbons (Fsp3) is 0.727. The van der Waals surface area contributed by atoms with Gasteiger partial charge in [-0.05, 0) is 61.6 Å². The molecule has 1 aromatic carbocycles. The number of anilines is 1. The molecular formula is C22H33ClN2O2. The Morgan fingerprint density at radius 1 is 1.19 bits per heavy atom. The lowest BCUT2D eigenvalue weighted by Gasteiger charge is -2.37. The number of hydrogen-bond acceptors (Lipinski definition) is 4. The zero-order chi connectivity index (χ0) is 18.8. The van der Waals surface area contributed by atoms with Crippen LogP contribution < -0.4 is 4.90 Å². The first-order chi connectivity index (χ1) is 13.1. The SMILES string of the molecule is Cc1ccc(Cl)cc1N1CCN(C[C@@H](O)COC[C@@H]2C[C@H]3CC[C@H]2C3)CC1. The second-order valence-electron chi connectivity index (χ2n) is 8.84. The molecule has 3 fully saturated rings. The number of ether oxygens (including phenoxy) is 1. The van der Waals surface area contributed by atoms with Crippen molar-refractivity contribution in [3.05, 3.63) is 28.8 Å². The number of β-amino-alcohol motifs (C(OH)–C–C–N with tert-alkyl or cyclic N) is 1. The molecule has 0 aromatic heterocycles. The van der Waals surface area contributed by atoms with Gasteiger partial charge in [0.2, 0.25) is 0 Å². The molecule has 1 saturated heterocycles. The van der Waals surface area contributed by atoms with Gasteiger partial charge in [-0.15, -0.1) is 0 Å². The molecule has 27 heavy (non-hydrogen) atoms. The van der Waals surface area contributed by atoms with Gasteiger partial charge in [-0.25, -0.2) is 0 Å². The van der Waals surface area contributed by atoms with Crippen LogP contribution in [-0.2, 0) is 4.74 Å². The van der Waals surface area contributed by atoms with Crippen molar-refractivity contribution in [2.45, 2.75) is 38.7 Å². The number of aliphatic hydroxyl groups is 1. The number of hydrogen-bond donors (Lipinski definition) is 1. The van der Waals surface area contributed by atoms with Crippen LogP contribution in [0.5, 0.6) is 0 Å². The monoisotopic (exact) mass is 392 g/mol. The maximum atomic E-state index is 10.4. The van der Waals surface area contributed by atoms with Crippen LogP contribution >= 0.6 is 11.6 Å². The molecule has 4 atom stereocenters. The number of nitrogens with zero attached hydrogens (tertiary/aromatic N) is 2. The molecule has 150 valence electrons. The van der Waals surface area contributed by atoms with E-state index in [0.29, 0.717) is 13.2 Å². The van der Waals surface area contributed by atoms with Crippen molar-refractivity contribution in [3.8, 4) is 0 Å². The zero-order valence-corrected chi connectivity index (χ0v) is 17.2. The number of rotatable bonds is 7. The smallest absolute Gasteiger partial charge is 0.0900 e. The van der Waals surface area contributed by atoms with Crippen LogP contribution in [-0.4, -0.2) is 62.0 Å². The largest absolute Gasteiger partial charge is 0.389 e. The van der Waals surface area contributed by atoms with E-state index >= 15 is 0 Å². The Bertz CT molecular complexity index is 633. The number of aryl methyl sites for hydroxylation is 1. The Balaban J connectivity index is 1.16. The molecule has 4 rings (SSSR count). The number of fused-ring (bicyclic) bond motifs is 2. The minimum atomic E-state index is -0.386. The number of piperazine rings is 1. The van der Waals surface area contributed by atoms with E-state index in [0.717, 1.165) is 55.6 Å². The van der Waals surface area contributed by atoms with Gasteiger partial charge in [0.15, 0.2) is 0 Å². The highest BCUT2D eigenvalue weighted by molar-refractivity contribution is 6.30. The molecule has 2 aliphatic carbocycles. The van der Waals surface area contributed by atoms with Gasteiger partial charge >= 0.3 is 0 Å². The minimum absolute atomic E-state index is 0.386. The Hall–Kier alpha value is -0.810. The Labute approximate surface area is 168 Å². The van der Waals surface area contributed by atoms with E-state index in [9.17, 15) is 5.11 Å². The molecule has 2 bridgehead atoms. The van der Waals surface area contributed by atoms with Crippen molar-refractivity contribution in [2.24, 2.45) is 17.8 Å². The molecule has 1 heterocycles. The lowest BCUT2D eigenvalue weighted by molar-refractivity contribution is -0.00274. The molecular weight excluding hydrogens is 360 g/mol. The molecule has 1 aliphatic heterocycles. The van der Waals surface area contributed by atoms with Gasteiger partial charge in [0.1, 0.15) is 0 Å². The predicted octanol–water partition coefficient (Wildman–Crippen LogP) is 3.58. The first-order valence-corrected chi connectivity index (χ1v) is 11.0. The lowest BCUT2D eigenvalue weighted by Crippen LogP contribution is -2.49. The zero-order valence-electron chi connectivity index (χ0n) is 16.4. The van der Waals surface area contributed by atoms with Crippen LogP contribution in [0.25, 0.3) is 0 Å². The first-order valence-electron chi connectivity index (χ1n) is 10.6. The van der Waals surface area contributed by atoms with Gasteiger partial charge in [0, 0.05) is 50.0 Å². The molecule has 5 heteroatoms. The van der Waals surface area contributed by atoms with E-state index in [1.165, 1.54) is 36.9 Å². The summed E-state index contributed by atoms with van der Waals surface area (Å²) < 4.78 is 5.89. The van der Waals surface area contributed by atoms with Crippen LogP contribution in [0.3, 0.4) is 0 Å². The number of aliphatic hydroxyl groups excluding tert-OH is 1. The quantitative estimate of drug-likeness (QED) is 0.769. The summed E-state index contributed by atoms with van der Waals surface area (Å²) in [5, 5.41) is 11.2. The van der Waals surface area contributed by atoms with E-state index in [1.807, 2.05) is 6.07 Å². The van der Waals surface area contributed by atoms with E-state index < -0.39 is 0 Å². The van der Waals surface area contributed by atoms with E-state index in [4.69, 9.17) is 16.3 Å². The van der Waals surface area contributed by atoms with Gasteiger partial charge in [0.25, 0.3) is 0 Å². The first kappa shape index (κ1) is 19.5. The summed E-state index contributed by atoms with van der Waals surface area (Å²) in [6, 6.07) is 6.09. The number of halogens is 1. The molecule has 0 radical (unpaired) electrons. The predicted molar refractivity (Wildman–Crippen MR) is 111 cm³/mol. The van der Waals surface area contributed by atoms with Gasteiger partial charge in [-0.3, -0.25) is 4.90 Å². The molecule has 0 spiro atoms. The van der Waals surface area contributed by atoms with Crippen molar-refractivity contribution in [1.82, 2.24) is 4.90 Å². The van der Waals surface area contributed by atoms with E-state index in [-0.39, 0.29) is 6.10 Å². The molecule has 0 unspecified atom stereocenters. The summed E-state index contributed by atoms with van der Waals surface area (Å²) in [5.41, 5.74) is 2.50. The second-order valence-corrected chi connectivity index (χ2v) is 9.28. The summed E-state index contributed by atoms with van der Waals surface area (Å²) >= 11 is 6.17. The fourth-order valence-electron chi connectivity index (χ4n) is 5.38. The summed E-state index contributed by atoms with van der Waals surface area (Å²) in [5.74, 6) is 2.61. The molecule has 2 saturated carbocycles. The van der Waals surface area contributed by atoms with Gasteiger partial charge in [0.05, 0.1) is 12.7 Å². The van der Waals surface area contributed by atoms with Crippen molar-refractivity contribution in [2.75, 3.05) is 50.8 Å². The summed E-state index contributed by atoms with van der Waals surface area (Å²) in [4.78, 5) is 4.75. The van der Waals surface area contributed by atoms with Crippen LogP contribution in [0.4, 0.5) is 5.69 Å². The average Bonchev–Trinajstić information content (AvgIpc) is 3.28. The summed E-state index contributed by atoms with van der Waals surface area (Å²) in [6.45, 7) is 8.04. The van der Waals surface area contributed by atoms with Crippen molar-refractivity contribution in [3.63, 3.8) is 0 Å². The van der Waals surface area contributed by atoms with Gasteiger partial charge in [-0.2, -0.15) is 0 Å². The lowest BCUT2D eigenvalue weighted by atomic mass is 9.90. The Kier molecular flexibility index (Phi) is 6.28. The van der Waals surface area contributed by atoms with Crippen LogP contribution in [0.1, 0.15) is 31.2 Å². The van der Waals surface area contributed by atoms with Crippen molar-refractivity contribution < 1.29 is 9.84 Å². The molecule has 4 nitrogen and oxygen atoms in total. The third kappa shape index (κ3) is 4.79. The standard InChI is InChI=1S/C22H33ClN2O2/c1-16-2-5-20(23)12-22(16)25-8-6-24(7-9-25)13-21(26)15-27-14-19-11-17-3-4-18(19)10-17/h2,5,12,17-19,21,26H,3-4,6-11,13-15H2,1H3/t17-,18-,19-,21+/m0/s1. The maximum absolute atomic E-state index is 10.4. The van der Waals surface area contributed by atoms with E-state index in [2.05, 4.69) is 28.9 Å². The summed E-state index contributed by atoms with van der Waals surface area (Å²) in [6.07, 6.45) is 5.23. The van der Waals surface area contributed by atoms with Crippen LogP contribution in [0, 0.1) is 24.7 Å². The highest BCUT2D eigenvalue weighted by Gasteiger charge is 2.39. The molecule has 1 aromatic rings. The topological polar surface area (TPSA) is 35.9 Å². The highest BCUT2D eigenvalue weighted by Crippen LogP contribution is 2.48. The molecule has 3 aliphatic rings. The minimum Gasteiger partial charge on any atom is -0.389 e. The number of benzene rings is 1. The third-order valence-electron chi connectivity index (χ3n) is 6.88. The Morgan fingerprint density at radius 2 is 2.00 bits per heavy atom.